The second kappa shape index (κ2) is 17.3. The van der Waals surface area contributed by atoms with Crippen LogP contribution in [0, 0.1) is 11.3 Å². The summed E-state index contributed by atoms with van der Waals surface area (Å²) in [7, 11) is -2.59. The molecule has 0 radical (unpaired) electrons. The van der Waals surface area contributed by atoms with Crippen LogP contribution in [-0.2, 0) is 26.3 Å². The minimum Gasteiger partial charge on any atom is -0.488 e. The lowest BCUT2D eigenvalue weighted by Crippen LogP contribution is -2.43. The quantitative estimate of drug-likeness (QED) is 0.0841. The van der Waals surface area contributed by atoms with Crippen molar-refractivity contribution in [1.29, 1.82) is 0 Å². The summed E-state index contributed by atoms with van der Waals surface area (Å²) in [5.41, 5.74) is 6.28. The summed E-state index contributed by atoms with van der Waals surface area (Å²) < 4.78 is 38.9. The van der Waals surface area contributed by atoms with E-state index in [1.165, 1.54) is 18.3 Å². The van der Waals surface area contributed by atoms with Crippen molar-refractivity contribution in [2.24, 2.45) is 16.5 Å². The molecule has 1 saturated carbocycles. The molecule has 4 N–H and O–H groups in total. The van der Waals surface area contributed by atoms with Crippen molar-refractivity contribution in [3.8, 4) is 5.75 Å². The second-order valence-corrected chi connectivity index (χ2v) is 15.1. The number of esters is 1. The molecule has 0 spiro atoms. The van der Waals surface area contributed by atoms with Gasteiger partial charge in [0.2, 0.25) is 0 Å². The number of carbonyl (C=O) groups excluding carboxylic acids is 1. The van der Waals surface area contributed by atoms with Gasteiger partial charge >= 0.3 is 11.9 Å². The van der Waals surface area contributed by atoms with Crippen LogP contribution in [-0.4, -0.2) is 38.6 Å². The van der Waals surface area contributed by atoms with E-state index in [1.807, 2.05) is 54.6 Å². The summed E-state index contributed by atoms with van der Waals surface area (Å²) in [5, 5.41) is 14.5. The molecule has 3 unspecified atom stereocenters. The van der Waals surface area contributed by atoms with Crippen molar-refractivity contribution in [2.75, 3.05) is 7.11 Å². The van der Waals surface area contributed by atoms with Crippen molar-refractivity contribution in [2.45, 2.75) is 89.7 Å². The van der Waals surface area contributed by atoms with Gasteiger partial charge in [0.25, 0.3) is 10.2 Å². The van der Waals surface area contributed by atoms with Crippen LogP contribution >= 0.6 is 0 Å². The summed E-state index contributed by atoms with van der Waals surface area (Å²) in [6.45, 7) is 5.06. The maximum absolute atomic E-state index is 12.4. The van der Waals surface area contributed by atoms with Gasteiger partial charge in [-0.15, -0.1) is 0 Å². The Bertz CT molecular complexity index is 1820. The van der Waals surface area contributed by atoms with Crippen molar-refractivity contribution in [3.05, 3.63) is 113 Å². The van der Waals surface area contributed by atoms with E-state index < -0.39 is 27.6 Å². The number of ether oxygens (including phenoxy) is 2. The predicted molar refractivity (Wildman–Crippen MR) is 200 cm³/mol. The monoisotopic (exact) mass is 714 g/mol. The zero-order valence-electron chi connectivity index (χ0n) is 29.4. The van der Waals surface area contributed by atoms with E-state index in [0.29, 0.717) is 24.2 Å². The molecule has 3 atom stereocenters. The Morgan fingerprint density at radius 1 is 0.922 bits per heavy atom. The molecule has 0 bridgehead atoms. The van der Waals surface area contributed by atoms with Gasteiger partial charge in [-0.1, -0.05) is 105 Å². The maximum Gasteiger partial charge on any atom is 0.337 e. The van der Waals surface area contributed by atoms with E-state index in [9.17, 15) is 18.0 Å². The minimum atomic E-state index is -3.94. The van der Waals surface area contributed by atoms with E-state index in [2.05, 4.69) is 16.9 Å². The summed E-state index contributed by atoms with van der Waals surface area (Å²) in [5.74, 6) is -0.532. The number of rotatable bonds is 19. The first-order chi connectivity index (χ1) is 24.5. The van der Waals surface area contributed by atoms with Crippen LogP contribution in [0.25, 0.3) is 11.1 Å². The highest BCUT2D eigenvalue weighted by atomic mass is 32.2. The molecule has 2 aliphatic rings. The fourth-order valence-electron chi connectivity index (χ4n) is 8.19. The fourth-order valence-corrected chi connectivity index (χ4v) is 8.89. The summed E-state index contributed by atoms with van der Waals surface area (Å²) in [6.07, 6.45) is 10.2. The van der Waals surface area contributed by atoms with Crippen molar-refractivity contribution >= 4 is 33.3 Å². The summed E-state index contributed by atoms with van der Waals surface area (Å²) >= 11 is 0. The molecule has 1 fully saturated rings. The number of nitrogens with two attached hydrogens (primary N) is 1. The van der Waals surface area contributed by atoms with Gasteiger partial charge in [0.15, 0.2) is 0 Å². The predicted octanol–water partition coefficient (Wildman–Crippen LogP) is 8.08. The second-order valence-electron chi connectivity index (χ2n) is 13.8. The van der Waals surface area contributed by atoms with E-state index in [4.69, 9.17) is 26.3 Å². The number of benzene rings is 3. The summed E-state index contributed by atoms with van der Waals surface area (Å²) in [4.78, 5) is 22.7. The number of carbonyl (C=O) groups is 2. The number of hydrogen-bond acceptors (Lipinski definition) is 6. The number of nitrogens with one attached hydrogen (secondary N) is 1. The van der Waals surface area contributed by atoms with Crippen LogP contribution in [0.5, 0.6) is 5.75 Å². The standard InChI is InChI=1S/C41H50N2O7S/c1-29(34-18-13-14-19-37(34)50-28-30-21-23-32(24-22-30)40(46)49-2)41-26-25-36(43-51(42,47)48)35(41)27-33(39(41)31-15-10-8-11-16-31)17-9-6-4-3-5-7-12-20-38(44)45/h8,10-11,13-16,18-19,21-24,35-36,43H,1,3-7,9,12,17,20,25-28H2,2H3,(H,44,45)(H2,42,47,48). The van der Waals surface area contributed by atoms with Crippen LogP contribution < -0.4 is 14.6 Å². The lowest BCUT2D eigenvalue weighted by Gasteiger charge is -2.38. The number of methoxy groups -OCH3 is 1. The number of unbranched alkanes of at least 4 members (excludes halogenated alkanes) is 6. The maximum atomic E-state index is 12.4. The molecule has 272 valence electrons. The molecule has 2 aliphatic carbocycles. The average molecular weight is 715 g/mol. The Morgan fingerprint density at radius 3 is 2.24 bits per heavy atom. The third-order valence-electron chi connectivity index (χ3n) is 10.5. The lowest BCUT2D eigenvalue weighted by atomic mass is 9.66. The number of allylic oxidation sites excluding steroid dienone is 3. The van der Waals surface area contributed by atoms with Gasteiger partial charge < -0.3 is 14.6 Å². The van der Waals surface area contributed by atoms with Crippen molar-refractivity contribution in [1.82, 2.24) is 4.72 Å². The number of hydrogen-bond donors (Lipinski definition) is 3. The summed E-state index contributed by atoms with van der Waals surface area (Å²) in [6, 6.07) is 25.0. The molecule has 0 amide bonds. The topological polar surface area (TPSA) is 145 Å². The Kier molecular flexibility index (Phi) is 12.9. The smallest absolute Gasteiger partial charge is 0.337 e. The number of carboxylic acid groups (broad SMARTS) is 1. The third kappa shape index (κ3) is 9.36. The molecule has 3 aromatic rings. The van der Waals surface area contributed by atoms with Crippen LogP contribution in [0.15, 0.2) is 91.0 Å². The molecule has 0 heterocycles. The molecular weight excluding hydrogens is 665 g/mol. The molecule has 51 heavy (non-hydrogen) atoms. The Balaban J connectivity index is 1.43. The van der Waals surface area contributed by atoms with Crippen LogP contribution in [0.3, 0.4) is 0 Å². The van der Waals surface area contributed by atoms with Crippen LogP contribution in [0.2, 0.25) is 0 Å². The highest BCUT2D eigenvalue weighted by Crippen LogP contribution is 2.66. The van der Waals surface area contributed by atoms with Gasteiger partial charge in [0.05, 0.1) is 12.7 Å². The first kappa shape index (κ1) is 38.0. The third-order valence-corrected chi connectivity index (χ3v) is 11.1. The molecule has 3 aromatic carbocycles. The number of carboxylic acids is 1. The molecule has 9 nitrogen and oxygen atoms in total. The normalized spacial score (nSPS) is 19.9. The van der Waals surface area contributed by atoms with Gasteiger partial charge in [-0.2, -0.15) is 13.1 Å². The van der Waals surface area contributed by atoms with Crippen LogP contribution in [0.4, 0.5) is 0 Å². The molecule has 5 rings (SSSR count). The van der Waals surface area contributed by atoms with Crippen molar-refractivity contribution in [3.63, 3.8) is 0 Å². The Morgan fingerprint density at radius 2 is 1.57 bits per heavy atom. The zero-order valence-corrected chi connectivity index (χ0v) is 30.3. The molecule has 0 saturated heterocycles. The first-order valence-corrected chi connectivity index (χ1v) is 19.5. The van der Waals surface area contributed by atoms with E-state index in [1.54, 1.807) is 12.1 Å². The van der Waals surface area contributed by atoms with Gasteiger partial charge in [0.1, 0.15) is 12.4 Å². The van der Waals surface area contributed by atoms with Crippen LogP contribution in [0.1, 0.15) is 104 Å². The highest BCUT2D eigenvalue weighted by molar-refractivity contribution is 7.87. The molecule has 10 heteroatoms. The SMILES string of the molecule is C=C(c1ccccc1OCc1ccc(C(=O)OC)cc1)C12CCC(NS(N)(=O)=O)C1CC(CCCCCCCCCC(=O)O)=C2c1ccccc1. The van der Waals surface area contributed by atoms with E-state index in [0.717, 1.165) is 80.1 Å². The van der Waals surface area contributed by atoms with Gasteiger partial charge in [-0.3, -0.25) is 4.79 Å². The van der Waals surface area contributed by atoms with Gasteiger partial charge in [0, 0.05) is 23.4 Å². The zero-order chi connectivity index (χ0) is 36.4. The van der Waals surface area contributed by atoms with E-state index in [-0.39, 0.29) is 25.0 Å². The van der Waals surface area contributed by atoms with Gasteiger partial charge in [-0.05, 0) is 84.9 Å². The molecular formula is C41H50N2O7S. The number of para-hydroxylation sites is 1. The molecule has 0 aliphatic heterocycles. The Labute approximate surface area is 302 Å². The fraction of sp³-hybridized carbons (Fsp3) is 0.415. The van der Waals surface area contributed by atoms with Crippen molar-refractivity contribution < 1.29 is 32.6 Å². The minimum absolute atomic E-state index is 0.0818. The van der Waals surface area contributed by atoms with Gasteiger partial charge in [-0.25, -0.2) is 9.93 Å². The largest absolute Gasteiger partial charge is 0.488 e. The highest BCUT2D eigenvalue weighted by Gasteiger charge is 2.57. The van der Waals surface area contributed by atoms with E-state index >= 15 is 0 Å². The number of aliphatic carboxylic acids is 1. The number of fused-ring (bicyclic) bond motifs is 1. The molecule has 0 aromatic heterocycles. The average Bonchev–Trinajstić information content (AvgIpc) is 3.63. The lowest BCUT2D eigenvalue weighted by molar-refractivity contribution is -0.137. The Hall–Kier alpha value is -4.25. The first-order valence-electron chi connectivity index (χ1n) is 17.9.